The third-order valence-corrected chi connectivity index (χ3v) is 10.1. The van der Waals surface area contributed by atoms with Gasteiger partial charge in [0.2, 0.25) is 0 Å². The molecule has 256 valence electrons. The molecular formula is C37H60N6O3. The van der Waals surface area contributed by atoms with E-state index >= 15 is 4.79 Å². The van der Waals surface area contributed by atoms with Crippen molar-refractivity contribution in [2.24, 2.45) is 23.3 Å². The van der Waals surface area contributed by atoms with Gasteiger partial charge in [0.05, 0.1) is 37.4 Å². The molecule has 0 saturated carbocycles. The van der Waals surface area contributed by atoms with Gasteiger partial charge in [0.1, 0.15) is 11.5 Å². The molecule has 4 rings (SSSR count). The van der Waals surface area contributed by atoms with Crippen molar-refractivity contribution in [1.82, 2.24) is 19.6 Å². The number of benzene rings is 2. The number of likely N-dealkylation sites (N-methyl/N-ethyl adjacent to an activating group) is 2. The summed E-state index contributed by atoms with van der Waals surface area (Å²) in [6.45, 7) is 16.8. The van der Waals surface area contributed by atoms with E-state index in [4.69, 9.17) is 20.9 Å². The fourth-order valence-corrected chi connectivity index (χ4v) is 6.19. The minimum Gasteiger partial charge on any atom is -0.493 e. The highest BCUT2D eigenvalue weighted by Crippen LogP contribution is 2.30. The molecule has 0 spiro atoms. The lowest BCUT2D eigenvalue weighted by molar-refractivity contribution is -0.133. The number of nitrogens with zero attached hydrogens (tertiary/aromatic N) is 4. The molecule has 2 saturated heterocycles. The van der Waals surface area contributed by atoms with Gasteiger partial charge in [-0.2, -0.15) is 0 Å². The molecule has 4 N–H and O–H groups in total. The van der Waals surface area contributed by atoms with Crippen LogP contribution in [-0.4, -0.2) is 117 Å². The number of carbonyl (C=O) groups is 1. The molecule has 0 aliphatic carbocycles. The smallest absolute Gasteiger partial charge is 0.170 e. The van der Waals surface area contributed by atoms with Gasteiger partial charge < -0.3 is 30.7 Å². The largest absolute Gasteiger partial charge is 0.493 e. The Morgan fingerprint density at radius 1 is 0.630 bits per heavy atom. The van der Waals surface area contributed by atoms with E-state index in [1.165, 1.54) is 0 Å². The van der Waals surface area contributed by atoms with Crippen LogP contribution in [-0.2, 0) is 4.79 Å². The van der Waals surface area contributed by atoms with E-state index in [9.17, 15) is 0 Å². The van der Waals surface area contributed by atoms with E-state index in [2.05, 4.69) is 61.4 Å². The van der Waals surface area contributed by atoms with E-state index in [1.54, 1.807) is 0 Å². The maximum absolute atomic E-state index is 15.1. The molecular weight excluding hydrogens is 576 g/mol. The Bertz CT molecular complexity index is 1090. The van der Waals surface area contributed by atoms with Crippen LogP contribution in [0.1, 0.15) is 63.7 Å². The maximum Gasteiger partial charge on any atom is 0.170 e. The number of hydrogen-bond donors (Lipinski definition) is 2. The van der Waals surface area contributed by atoms with E-state index in [0.29, 0.717) is 25.0 Å². The molecule has 6 atom stereocenters. The standard InChI is InChI=1S/C37H60N6O3/c1-7-27(3)25-45-31-13-9-29(10-14-31)33(38)35(42-21-17-40(5)18-22-42)37(44)36(43-23-19-41(6)20-24-43)34(39)30-11-15-32(16-12-30)46-26-28(4)8-2/h9-16,27-28,33-36H,7-8,17-26,38-39H2,1-6H3. The van der Waals surface area contributed by atoms with Gasteiger partial charge in [0.15, 0.2) is 5.78 Å². The van der Waals surface area contributed by atoms with E-state index in [0.717, 1.165) is 87.8 Å². The Morgan fingerprint density at radius 3 is 1.26 bits per heavy atom. The molecule has 2 fully saturated rings. The van der Waals surface area contributed by atoms with Gasteiger partial charge in [-0.15, -0.1) is 0 Å². The number of piperazine rings is 2. The summed E-state index contributed by atoms with van der Waals surface area (Å²) in [7, 11) is 4.26. The van der Waals surface area contributed by atoms with Crippen LogP contribution in [0.15, 0.2) is 48.5 Å². The lowest BCUT2D eigenvalue weighted by atomic mass is 9.86. The van der Waals surface area contributed by atoms with Crippen molar-refractivity contribution in [3.05, 3.63) is 59.7 Å². The predicted molar refractivity (Wildman–Crippen MR) is 187 cm³/mol. The van der Waals surface area contributed by atoms with Crippen LogP contribution in [0.4, 0.5) is 0 Å². The first-order chi connectivity index (χ1) is 22.1. The maximum atomic E-state index is 15.1. The van der Waals surface area contributed by atoms with Crippen molar-refractivity contribution < 1.29 is 14.3 Å². The Kier molecular flexibility index (Phi) is 13.9. The number of ketones is 1. The summed E-state index contributed by atoms with van der Waals surface area (Å²) in [6, 6.07) is 14.0. The number of nitrogens with two attached hydrogens (primary N) is 2. The highest BCUT2D eigenvalue weighted by atomic mass is 16.5. The summed E-state index contributed by atoms with van der Waals surface area (Å²) < 4.78 is 12.0. The number of carbonyl (C=O) groups excluding carboxylic acids is 1. The zero-order valence-electron chi connectivity index (χ0n) is 29.2. The molecule has 0 aromatic heterocycles. The van der Waals surface area contributed by atoms with E-state index in [1.807, 2.05) is 48.5 Å². The summed E-state index contributed by atoms with van der Waals surface area (Å²) in [6.07, 6.45) is 2.15. The summed E-state index contributed by atoms with van der Waals surface area (Å²) in [5, 5.41) is 0. The molecule has 2 heterocycles. The Labute approximate surface area is 278 Å². The van der Waals surface area contributed by atoms with Gasteiger partial charge in [-0.05, 0) is 61.3 Å². The first-order valence-corrected chi connectivity index (χ1v) is 17.5. The van der Waals surface area contributed by atoms with Crippen molar-refractivity contribution in [2.45, 2.75) is 64.7 Å². The average molecular weight is 637 g/mol. The van der Waals surface area contributed by atoms with Crippen LogP contribution >= 0.6 is 0 Å². The Hall–Kier alpha value is -2.53. The number of rotatable bonds is 16. The van der Waals surface area contributed by atoms with E-state index in [-0.39, 0.29) is 5.78 Å². The second-order valence-electron chi connectivity index (χ2n) is 13.8. The van der Waals surface area contributed by atoms with E-state index < -0.39 is 24.2 Å². The molecule has 46 heavy (non-hydrogen) atoms. The highest BCUT2D eigenvalue weighted by Gasteiger charge is 2.43. The second kappa shape index (κ2) is 17.6. The summed E-state index contributed by atoms with van der Waals surface area (Å²) in [5.41, 5.74) is 16.1. The molecule has 9 nitrogen and oxygen atoms in total. The topological polar surface area (TPSA) is 101 Å². The lowest BCUT2D eigenvalue weighted by Gasteiger charge is -2.45. The second-order valence-corrected chi connectivity index (χ2v) is 13.8. The minimum absolute atomic E-state index is 0.100. The van der Waals surface area contributed by atoms with Crippen molar-refractivity contribution >= 4 is 5.78 Å². The van der Waals surface area contributed by atoms with Crippen LogP contribution in [0, 0.1) is 11.8 Å². The van der Waals surface area contributed by atoms with Gasteiger partial charge in [0, 0.05) is 52.4 Å². The van der Waals surface area contributed by atoms with Crippen LogP contribution in [0.25, 0.3) is 0 Å². The van der Waals surface area contributed by atoms with Gasteiger partial charge >= 0.3 is 0 Å². The van der Waals surface area contributed by atoms with Gasteiger partial charge in [-0.1, -0.05) is 64.8 Å². The minimum atomic E-state index is -0.505. The van der Waals surface area contributed by atoms with Crippen LogP contribution in [0.3, 0.4) is 0 Å². The van der Waals surface area contributed by atoms with Crippen molar-refractivity contribution in [1.29, 1.82) is 0 Å². The quantitative estimate of drug-likeness (QED) is 0.283. The highest BCUT2D eigenvalue weighted by molar-refractivity contribution is 5.91. The fraction of sp³-hybridized carbons (Fsp3) is 0.649. The van der Waals surface area contributed by atoms with Gasteiger partial charge in [-0.3, -0.25) is 14.6 Å². The van der Waals surface area contributed by atoms with Crippen LogP contribution in [0.5, 0.6) is 11.5 Å². The molecule has 2 aromatic carbocycles. The fourth-order valence-electron chi connectivity index (χ4n) is 6.19. The molecule has 0 radical (unpaired) electrons. The van der Waals surface area contributed by atoms with Crippen molar-refractivity contribution in [3.8, 4) is 11.5 Å². The zero-order chi connectivity index (χ0) is 33.2. The monoisotopic (exact) mass is 636 g/mol. The summed E-state index contributed by atoms with van der Waals surface area (Å²) in [4.78, 5) is 24.3. The first-order valence-electron chi connectivity index (χ1n) is 17.5. The predicted octanol–water partition coefficient (Wildman–Crippen LogP) is 4.04. The normalized spacial score (nSPS) is 21.2. The van der Waals surface area contributed by atoms with Crippen LogP contribution in [0.2, 0.25) is 0 Å². The third kappa shape index (κ3) is 9.75. The molecule has 2 aromatic rings. The molecule has 6 unspecified atom stereocenters. The van der Waals surface area contributed by atoms with Gasteiger partial charge in [0.25, 0.3) is 0 Å². The Morgan fingerprint density at radius 2 is 0.957 bits per heavy atom. The zero-order valence-corrected chi connectivity index (χ0v) is 29.2. The Balaban J connectivity index is 1.62. The molecule has 0 amide bonds. The summed E-state index contributed by atoms with van der Waals surface area (Å²) >= 11 is 0. The lowest BCUT2D eigenvalue weighted by Crippen LogP contribution is -2.62. The molecule has 0 bridgehead atoms. The van der Waals surface area contributed by atoms with Crippen LogP contribution < -0.4 is 20.9 Å². The van der Waals surface area contributed by atoms with Crippen molar-refractivity contribution in [2.75, 3.05) is 79.7 Å². The molecule has 9 heteroatoms. The SMILES string of the molecule is CCC(C)COc1ccc(C(N)C(C(=O)C(C(N)c2ccc(OCC(C)CC)cc2)N2CCN(C)CC2)N2CCN(C)CC2)cc1. The number of Topliss-reactive ketones (excluding diaryl/α,β-unsaturated/α-hetero) is 1. The molecule has 2 aliphatic heterocycles. The summed E-state index contributed by atoms with van der Waals surface area (Å²) in [5.74, 6) is 2.74. The molecule has 2 aliphatic rings. The number of hydrogen-bond acceptors (Lipinski definition) is 9. The first kappa shape index (κ1) is 36.3. The van der Waals surface area contributed by atoms with Gasteiger partial charge in [-0.25, -0.2) is 0 Å². The average Bonchev–Trinajstić information content (AvgIpc) is 3.08. The number of ether oxygens (including phenoxy) is 2. The third-order valence-electron chi connectivity index (χ3n) is 10.1. The van der Waals surface area contributed by atoms with Crippen molar-refractivity contribution in [3.63, 3.8) is 0 Å².